The molecule has 0 amide bonds. The maximum atomic E-state index is 13.0. The summed E-state index contributed by atoms with van der Waals surface area (Å²) in [4.78, 5) is 0. The largest absolute Gasteiger partial charge is 0.317 e. The Morgan fingerprint density at radius 3 is 3.00 bits per heavy atom. The van der Waals surface area contributed by atoms with Gasteiger partial charge in [-0.25, -0.2) is 4.39 Å². The van der Waals surface area contributed by atoms with E-state index >= 15 is 0 Å². The molecule has 1 atom stereocenters. The summed E-state index contributed by atoms with van der Waals surface area (Å²) in [6.45, 7) is 2.15. The van der Waals surface area contributed by atoms with Crippen LogP contribution in [-0.2, 0) is 6.42 Å². The average Bonchev–Trinajstić information content (AvgIpc) is 2.60. The van der Waals surface area contributed by atoms with Gasteiger partial charge in [0.2, 0.25) is 0 Å². The molecule has 80 valence electrons. The molecule has 2 rings (SSSR count). The number of likely N-dealkylation sites (N-methyl/N-ethyl adjacent to an activating group) is 1. The number of nitrogens with one attached hydrogen (secondary N) is 1. The summed E-state index contributed by atoms with van der Waals surface area (Å²) in [7, 11) is 1.96. The summed E-state index contributed by atoms with van der Waals surface area (Å²) in [5.74, 6) is -0.155. The monoisotopic (exact) mass is 223 g/mol. The smallest absolute Gasteiger partial charge is 0.124 e. The van der Waals surface area contributed by atoms with Crippen LogP contribution in [0.5, 0.6) is 0 Å². The Morgan fingerprint density at radius 2 is 2.27 bits per heavy atom. The third-order valence-corrected chi connectivity index (χ3v) is 3.63. The molecule has 15 heavy (non-hydrogen) atoms. The van der Waals surface area contributed by atoms with Crippen LogP contribution in [0.2, 0.25) is 0 Å². The predicted molar refractivity (Wildman–Crippen MR) is 64.0 cm³/mol. The van der Waals surface area contributed by atoms with E-state index in [4.69, 9.17) is 0 Å². The zero-order chi connectivity index (χ0) is 10.8. The number of rotatable bonds is 3. The van der Waals surface area contributed by atoms with Crippen molar-refractivity contribution in [3.63, 3.8) is 0 Å². The minimum absolute atomic E-state index is 0.155. The summed E-state index contributed by atoms with van der Waals surface area (Å²) in [6.07, 6.45) is 0.988. The molecule has 0 aliphatic heterocycles. The highest BCUT2D eigenvalue weighted by Gasteiger charge is 2.07. The van der Waals surface area contributed by atoms with Gasteiger partial charge in [-0.15, -0.1) is 11.3 Å². The summed E-state index contributed by atoms with van der Waals surface area (Å²) in [5.41, 5.74) is 1.30. The SMILES string of the molecule is CNC(C)Cc1csc2cc(F)ccc12. The number of fused-ring (bicyclic) bond motifs is 1. The first kappa shape index (κ1) is 10.6. The van der Waals surface area contributed by atoms with Crippen LogP contribution in [-0.4, -0.2) is 13.1 Å². The van der Waals surface area contributed by atoms with Gasteiger partial charge < -0.3 is 5.32 Å². The first-order valence-electron chi connectivity index (χ1n) is 5.03. The molecular weight excluding hydrogens is 209 g/mol. The second-order valence-electron chi connectivity index (χ2n) is 3.80. The second kappa shape index (κ2) is 4.29. The first-order valence-corrected chi connectivity index (χ1v) is 5.91. The highest BCUT2D eigenvalue weighted by molar-refractivity contribution is 7.17. The highest BCUT2D eigenvalue weighted by Crippen LogP contribution is 2.27. The van der Waals surface area contributed by atoms with Gasteiger partial charge in [-0.1, -0.05) is 6.07 Å². The van der Waals surface area contributed by atoms with Gasteiger partial charge in [0.25, 0.3) is 0 Å². The molecule has 1 N–H and O–H groups in total. The quantitative estimate of drug-likeness (QED) is 0.842. The molecule has 1 unspecified atom stereocenters. The standard InChI is InChI=1S/C12H14FNS/c1-8(14-2)5-9-7-15-12-6-10(13)3-4-11(9)12/h3-4,6-8,14H,5H2,1-2H3. The van der Waals surface area contributed by atoms with E-state index < -0.39 is 0 Å². The average molecular weight is 223 g/mol. The Morgan fingerprint density at radius 1 is 1.47 bits per heavy atom. The Bertz CT molecular complexity index is 464. The van der Waals surface area contributed by atoms with Crippen LogP contribution in [0.15, 0.2) is 23.6 Å². The fourth-order valence-electron chi connectivity index (χ4n) is 1.65. The fourth-order valence-corrected chi connectivity index (χ4v) is 2.65. The molecule has 3 heteroatoms. The van der Waals surface area contributed by atoms with Crippen LogP contribution >= 0.6 is 11.3 Å². The molecule has 1 heterocycles. The van der Waals surface area contributed by atoms with Crippen LogP contribution in [0.25, 0.3) is 10.1 Å². The van der Waals surface area contributed by atoms with E-state index in [1.165, 1.54) is 17.0 Å². The van der Waals surface area contributed by atoms with E-state index in [0.29, 0.717) is 6.04 Å². The molecule has 0 bridgehead atoms. The number of halogens is 1. The van der Waals surface area contributed by atoms with Gasteiger partial charge >= 0.3 is 0 Å². The van der Waals surface area contributed by atoms with E-state index in [2.05, 4.69) is 17.6 Å². The maximum Gasteiger partial charge on any atom is 0.124 e. The summed E-state index contributed by atoms with van der Waals surface area (Å²) in [5, 5.41) is 6.52. The van der Waals surface area contributed by atoms with Crippen molar-refractivity contribution in [2.45, 2.75) is 19.4 Å². The van der Waals surface area contributed by atoms with Crippen LogP contribution in [0, 0.1) is 5.82 Å². The summed E-state index contributed by atoms with van der Waals surface area (Å²) in [6, 6.07) is 5.46. The zero-order valence-electron chi connectivity index (χ0n) is 8.88. The lowest BCUT2D eigenvalue weighted by Gasteiger charge is -2.08. The number of benzene rings is 1. The molecule has 0 fully saturated rings. The first-order chi connectivity index (χ1) is 7.20. The van der Waals surface area contributed by atoms with Gasteiger partial charge in [0.1, 0.15) is 5.82 Å². The van der Waals surface area contributed by atoms with Crippen molar-refractivity contribution in [1.82, 2.24) is 5.32 Å². The van der Waals surface area contributed by atoms with Crippen molar-refractivity contribution in [2.24, 2.45) is 0 Å². The van der Waals surface area contributed by atoms with Gasteiger partial charge in [-0.05, 0) is 48.9 Å². The number of thiophene rings is 1. The molecule has 0 saturated carbocycles. The second-order valence-corrected chi connectivity index (χ2v) is 4.71. The molecular formula is C12H14FNS. The van der Waals surface area contributed by atoms with E-state index in [-0.39, 0.29) is 5.82 Å². The molecule has 1 aromatic heterocycles. The van der Waals surface area contributed by atoms with Crippen LogP contribution in [0.3, 0.4) is 0 Å². The molecule has 0 spiro atoms. The molecule has 1 aromatic carbocycles. The van der Waals surface area contributed by atoms with Crippen LogP contribution in [0.1, 0.15) is 12.5 Å². The summed E-state index contributed by atoms with van der Waals surface area (Å²) < 4.78 is 14.0. The van der Waals surface area contributed by atoms with Gasteiger partial charge in [-0.2, -0.15) is 0 Å². The Kier molecular flexibility index (Phi) is 3.03. The topological polar surface area (TPSA) is 12.0 Å². The minimum Gasteiger partial charge on any atom is -0.317 e. The lowest BCUT2D eigenvalue weighted by atomic mass is 10.1. The predicted octanol–water partition coefficient (Wildman–Crippen LogP) is 3.19. The molecule has 1 nitrogen and oxygen atoms in total. The zero-order valence-corrected chi connectivity index (χ0v) is 9.70. The number of hydrogen-bond donors (Lipinski definition) is 1. The highest BCUT2D eigenvalue weighted by atomic mass is 32.1. The van der Waals surface area contributed by atoms with Crippen molar-refractivity contribution < 1.29 is 4.39 Å². The van der Waals surface area contributed by atoms with Crippen LogP contribution in [0.4, 0.5) is 4.39 Å². The lowest BCUT2D eigenvalue weighted by Crippen LogP contribution is -2.23. The van der Waals surface area contributed by atoms with Crippen molar-refractivity contribution in [3.8, 4) is 0 Å². The van der Waals surface area contributed by atoms with Gasteiger partial charge in [0, 0.05) is 10.7 Å². The van der Waals surface area contributed by atoms with E-state index in [1.807, 2.05) is 13.1 Å². The van der Waals surface area contributed by atoms with Gasteiger partial charge in [-0.3, -0.25) is 0 Å². The third-order valence-electron chi connectivity index (χ3n) is 2.64. The Balaban J connectivity index is 2.36. The lowest BCUT2D eigenvalue weighted by molar-refractivity contribution is 0.611. The van der Waals surface area contributed by atoms with E-state index in [0.717, 1.165) is 11.1 Å². The third kappa shape index (κ3) is 2.19. The van der Waals surface area contributed by atoms with E-state index in [1.54, 1.807) is 17.4 Å². The molecule has 0 aliphatic carbocycles. The molecule has 0 saturated heterocycles. The summed E-state index contributed by atoms with van der Waals surface area (Å²) >= 11 is 1.61. The van der Waals surface area contributed by atoms with Crippen molar-refractivity contribution in [2.75, 3.05) is 7.05 Å². The molecule has 2 aromatic rings. The maximum absolute atomic E-state index is 13.0. The minimum atomic E-state index is -0.155. The van der Waals surface area contributed by atoms with Crippen molar-refractivity contribution >= 4 is 21.4 Å². The van der Waals surface area contributed by atoms with Crippen molar-refractivity contribution in [3.05, 3.63) is 35.0 Å². The number of hydrogen-bond acceptors (Lipinski definition) is 2. The molecule has 0 aliphatic rings. The van der Waals surface area contributed by atoms with Crippen LogP contribution < -0.4 is 5.32 Å². The van der Waals surface area contributed by atoms with Crippen molar-refractivity contribution in [1.29, 1.82) is 0 Å². The molecule has 0 radical (unpaired) electrons. The fraction of sp³-hybridized carbons (Fsp3) is 0.333. The van der Waals surface area contributed by atoms with Gasteiger partial charge in [0.15, 0.2) is 0 Å². The Hall–Kier alpha value is -0.930. The normalized spacial score (nSPS) is 13.3. The van der Waals surface area contributed by atoms with E-state index in [9.17, 15) is 4.39 Å². The van der Waals surface area contributed by atoms with Gasteiger partial charge in [0.05, 0.1) is 0 Å². The Labute approximate surface area is 92.9 Å².